The van der Waals surface area contributed by atoms with Crippen molar-refractivity contribution in [2.75, 3.05) is 6.54 Å². The van der Waals surface area contributed by atoms with Crippen LogP contribution in [-0.2, 0) is 4.79 Å². The molecule has 0 unspecified atom stereocenters. The molecule has 1 N–H and O–H groups in total. The van der Waals surface area contributed by atoms with E-state index < -0.39 is 0 Å². The predicted octanol–water partition coefficient (Wildman–Crippen LogP) is 2.09. The van der Waals surface area contributed by atoms with Crippen LogP contribution in [-0.4, -0.2) is 12.5 Å². The van der Waals surface area contributed by atoms with Gasteiger partial charge >= 0.3 is 0 Å². The largest absolute Gasteiger partial charge is 0.354 e. The molecule has 70 valence electrons. The van der Waals surface area contributed by atoms with Crippen molar-refractivity contribution in [3.8, 4) is 0 Å². The third kappa shape index (κ3) is 1.47. The second-order valence-corrected chi connectivity index (χ2v) is 3.52. The zero-order valence-corrected chi connectivity index (χ0v) is 8.15. The highest BCUT2D eigenvalue weighted by atomic mass is 16.2. The fourth-order valence-corrected chi connectivity index (χ4v) is 2.04. The van der Waals surface area contributed by atoms with Gasteiger partial charge in [0, 0.05) is 6.54 Å². The Bertz CT molecular complexity index is 159. The van der Waals surface area contributed by atoms with Gasteiger partial charge in [-0.15, -0.1) is 0 Å². The molecule has 2 aliphatic rings. The van der Waals surface area contributed by atoms with Crippen LogP contribution in [0.1, 0.15) is 46.0 Å². The van der Waals surface area contributed by atoms with Gasteiger partial charge in [-0.2, -0.15) is 0 Å². The average molecular weight is 169 g/mol. The molecule has 0 bridgehead atoms. The van der Waals surface area contributed by atoms with Crippen molar-refractivity contribution in [3.63, 3.8) is 0 Å². The van der Waals surface area contributed by atoms with Crippen molar-refractivity contribution in [2.24, 2.45) is 5.41 Å². The highest BCUT2D eigenvalue weighted by molar-refractivity contribution is 5.88. The van der Waals surface area contributed by atoms with Gasteiger partial charge in [0.1, 0.15) is 0 Å². The smallest absolute Gasteiger partial charge is 0.228 e. The molecule has 2 fully saturated rings. The zero-order valence-electron chi connectivity index (χ0n) is 8.15. The number of hydrogen-bond donors (Lipinski definition) is 1. The molecule has 0 aromatic heterocycles. The van der Waals surface area contributed by atoms with E-state index in [1.807, 2.05) is 13.8 Å². The van der Waals surface area contributed by atoms with E-state index in [4.69, 9.17) is 0 Å². The molecule has 1 aliphatic heterocycles. The number of carbonyl (C=O) groups is 1. The van der Waals surface area contributed by atoms with Gasteiger partial charge in [0.05, 0.1) is 5.41 Å². The van der Waals surface area contributed by atoms with E-state index in [1.165, 1.54) is 19.3 Å². The van der Waals surface area contributed by atoms with E-state index in [9.17, 15) is 4.79 Å². The van der Waals surface area contributed by atoms with Crippen molar-refractivity contribution in [3.05, 3.63) is 0 Å². The van der Waals surface area contributed by atoms with Crippen LogP contribution in [0.2, 0.25) is 0 Å². The van der Waals surface area contributed by atoms with Gasteiger partial charge in [-0.1, -0.05) is 33.1 Å². The van der Waals surface area contributed by atoms with Crippen LogP contribution < -0.4 is 5.32 Å². The first kappa shape index (κ1) is 9.56. The summed E-state index contributed by atoms with van der Waals surface area (Å²) in [4.78, 5) is 11.1. The summed E-state index contributed by atoms with van der Waals surface area (Å²) in [6.45, 7) is 4.95. The molecule has 2 rings (SSSR count). The van der Waals surface area contributed by atoms with Crippen LogP contribution in [0.25, 0.3) is 0 Å². The van der Waals surface area contributed by atoms with Gasteiger partial charge < -0.3 is 5.32 Å². The Morgan fingerprint density at radius 2 is 1.75 bits per heavy atom. The van der Waals surface area contributed by atoms with Crippen LogP contribution >= 0.6 is 0 Å². The van der Waals surface area contributed by atoms with Gasteiger partial charge in [0.25, 0.3) is 0 Å². The predicted molar refractivity (Wildman–Crippen MR) is 49.9 cm³/mol. The maximum absolute atomic E-state index is 11.1. The topological polar surface area (TPSA) is 29.1 Å². The lowest BCUT2D eigenvalue weighted by Gasteiger charge is -2.43. The molecule has 0 radical (unpaired) electrons. The van der Waals surface area contributed by atoms with Crippen molar-refractivity contribution in [1.29, 1.82) is 0 Å². The maximum Gasteiger partial charge on any atom is 0.228 e. The van der Waals surface area contributed by atoms with Crippen LogP contribution in [0.5, 0.6) is 0 Å². The van der Waals surface area contributed by atoms with E-state index in [1.54, 1.807) is 0 Å². The molecule has 0 aromatic carbocycles. The van der Waals surface area contributed by atoms with Crippen molar-refractivity contribution in [1.82, 2.24) is 5.32 Å². The summed E-state index contributed by atoms with van der Waals surface area (Å²) >= 11 is 0. The monoisotopic (exact) mass is 169 g/mol. The molecular weight excluding hydrogens is 150 g/mol. The van der Waals surface area contributed by atoms with Gasteiger partial charge in [-0.3, -0.25) is 4.79 Å². The summed E-state index contributed by atoms with van der Waals surface area (Å²) in [6, 6.07) is 0. The summed E-state index contributed by atoms with van der Waals surface area (Å²) in [7, 11) is 0. The summed E-state index contributed by atoms with van der Waals surface area (Å²) in [6.07, 6.45) is 6.12. The molecule has 0 aromatic rings. The lowest BCUT2D eigenvalue weighted by atomic mass is 9.69. The summed E-state index contributed by atoms with van der Waals surface area (Å²) in [5.74, 6) is 0.312. The first-order valence-corrected chi connectivity index (χ1v) is 5.12. The molecule has 1 saturated carbocycles. The Morgan fingerprint density at radius 3 is 2.00 bits per heavy atom. The minimum absolute atomic E-state index is 0.109. The molecule has 1 heterocycles. The molecule has 1 saturated heterocycles. The van der Waals surface area contributed by atoms with Crippen molar-refractivity contribution < 1.29 is 4.79 Å². The number of rotatable bonds is 0. The molecule has 2 nitrogen and oxygen atoms in total. The quantitative estimate of drug-likeness (QED) is 0.553. The molecular formula is C10H19NO. The van der Waals surface area contributed by atoms with Crippen LogP contribution in [0.4, 0.5) is 0 Å². The van der Waals surface area contributed by atoms with Gasteiger partial charge in [0.15, 0.2) is 0 Å². The second-order valence-electron chi connectivity index (χ2n) is 3.52. The lowest BCUT2D eigenvalue weighted by molar-refractivity contribution is -0.142. The highest BCUT2D eigenvalue weighted by Gasteiger charge is 2.46. The second kappa shape index (κ2) is 3.92. The number of nitrogens with one attached hydrogen (secondary N) is 1. The third-order valence-corrected chi connectivity index (χ3v) is 2.88. The molecule has 12 heavy (non-hydrogen) atoms. The average Bonchev–Trinajstić information content (AvgIpc) is 2.20. The fourth-order valence-electron chi connectivity index (χ4n) is 2.04. The van der Waals surface area contributed by atoms with Crippen molar-refractivity contribution in [2.45, 2.75) is 46.0 Å². The van der Waals surface area contributed by atoms with Crippen LogP contribution in [0.15, 0.2) is 0 Å². The standard InChI is InChI=1S/C8H13NO.C2H6/c10-7-8(6-9-7)4-2-1-3-5-8;1-2/h1-6H2,(H,9,10);1-2H3. The molecule has 1 spiro atoms. The molecule has 1 amide bonds. The lowest BCUT2D eigenvalue weighted by Crippen LogP contribution is -2.59. The first-order chi connectivity index (χ1) is 5.83. The van der Waals surface area contributed by atoms with E-state index >= 15 is 0 Å². The number of amides is 1. The van der Waals surface area contributed by atoms with Crippen molar-refractivity contribution >= 4 is 5.91 Å². The fraction of sp³-hybridized carbons (Fsp3) is 0.900. The Morgan fingerprint density at radius 1 is 1.17 bits per heavy atom. The van der Waals surface area contributed by atoms with Crippen LogP contribution in [0.3, 0.4) is 0 Å². The Kier molecular flexibility index (Phi) is 3.12. The zero-order chi connectivity index (χ0) is 9.03. The van der Waals surface area contributed by atoms with Gasteiger partial charge in [0.2, 0.25) is 5.91 Å². The van der Waals surface area contributed by atoms with E-state index in [0.29, 0.717) is 5.91 Å². The molecule has 2 heteroatoms. The van der Waals surface area contributed by atoms with Gasteiger partial charge in [-0.25, -0.2) is 0 Å². The SMILES string of the molecule is CC.O=C1NCC12CCCCC2. The Labute approximate surface area is 74.7 Å². The Balaban J connectivity index is 0.000000336. The van der Waals surface area contributed by atoms with Crippen LogP contribution in [0, 0.1) is 5.41 Å². The number of hydrogen-bond acceptors (Lipinski definition) is 1. The third-order valence-electron chi connectivity index (χ3n) is 2.88. The summed E-state index contributed by atoms with van der Waals surface area (Å²) in [5.41, 5.74) is 0.109. The minimum Gasteiger partial charge on any atom is -0.354 e. The molecule has 1 aliphatic carbocycles. The number of carbonyl (C=O) groups excluding carboxylic acids is 1. The Hall–Kier alpha value is -0.530. The summed E-state index contributed by atoms with van der Waals surface area (Å²) in [5, 5.41) is 2.83. The maximum atomic E-state index is 11.1. The first-order valence-electron chi connectivity index (χ1n) is 5.12. The van der Waals surface area contributed by atoms with E-state index in [-0.39, 0.29) is 5.41 Å². The van der Waals surface area contributed by atoms with E-state index in [0.717, 1.165) is 19.4 Å². The number of β-lactam (4-membered cyclic amide) rings is 1. The molecule has 0 atom stereocenters. The normalized spacial score (nSPS) is 25.0. The highest BCUT2D eigenvalue weighted by Crippen LogP contribution is 2.39. The van der Waals surface area contributed by atoms with Gasteiger partial charge in [-0.05, 0) is 12.8 Å². The summed E-state index contributed by atoms with van der Waals surface area (Å²) < 4.78 is 0. The minimum atomic E-state index is 0.109. The van der Waals surface area contributed by atoms with E-state index in [2.05, 4.69) is 5.32 Å².